The number of thioether (sulfide) groups is 1. The Morgan fingerprint density at radius 3 is 2.55 bits per heavy atom. The fraction of sp³-hybridized carbons (Fsp3) is 0.333. The van der Waals surface area contributed by atoms with Crippen LogP contribution in [0, 0.1) is 13.8 Å². The number of fused-ring (bicyclic) bond motifs is 2. The predicted molar refractivity (Wildman–Crippen MR) is 120 cm³/mol. The first-order valence-corrected chi connectivity index (χ1v) is 11.2. The van der Waals surface area contributed by atoms with Gasteiger partial charge in [-0.05, 0) is 52.3 Å². The Hall–Kier alpha value is -2.45. The van der Waals surface area contributed by atoms with Crippen molar-refractivity contribution < 1.29 is 0 Å². The standard InChI is InChI=1S/C21H22N4O2S2/c1-10(2)25-20(27)16-11(3)12(4)28-19(16)24-21(25)29-13(5)17-22-15-9-7-6-8-14(15)18(26)23-17/h6-10,13H,1-5H3,(H,22,23,26). The second kappa shape index (κ2) is 7.42. The highest BCUT2D eigenvalue weighted by Crippen LogP contribution is 2.35. The third-order valence-electron chi connectivity index (χ3n) is 5.02. The summed E-state index contributed by atoms with van der Waals surface area (Å²) in [6, 6.07) is 7.25. The van der Waals surface area contributed by atoms with Crippen molar-refractivity contribution >= 4 is 44.2 Å². The molecule has 0 saturated carbocycles. The monoisotopic (exact) mass is 426 g/mol. The Morgan fingerprint density at radius 1 is 1.10 bits per heavy atom. The van der Waals surface area contributed by atoms with Crippen molar-refractivity contribution in [2.75, 3.05) is 0 Å². The Kier molecular flexibility index (Phi) is 5.08. The van der Waals surface area contributed by atoms with Gasteiger partial charge >= 0.3 is 0 Å². The average Bonchev–Trinajstić information content (AvgIpc) is 2.95. The third kappa shape index (κ3) is 3.40. The van der Waals surface area contributed by atoms with Crippen LogP contribution in [0.5, 0.6) is 0 Å². The van der Waals surface area contributed by atoms with Crippen molar-refractivity contribution in [2.45, 2.75) is 51.1 Å². The minimum absolute atomic E-state index is 0.0125. The van der Waals surface area contributed by atoms with Crippen molar-refractivity contribution in [3.63, 3.8) is 0 Å². The molecule has 8 heteroatoms. The van der Waals surface area contributed by atoms with Gasteiger partial charge < -0.3 is 4.98 Å². The molecule has 29 heavy (non-hydrogen) atoms. The topological polar surface area (TPSA) is 80.6 Å². The van der Waals surface area contributed by atoms with E-state index in [9.17, 15) is 9.59 Å². The van der Waals surface area contributed by atoms with Gasteiger partial charge in [-0.1, -0.05) is 23.9 Å². The quantitative estimate of drug-likeness (QED) is 0.376. The van der Waals surface area contributed by atoms with E-state index in [0.29, 0.717) is 27.3 Å². The van der Waals surface area contributed by atoms with Crippen LogP contribution in [0.25, 0.3) is 21.1 Å². The number of hydrogen-bond donors (Lipinski definition) is 1. The maximum atomic E-state index is 13.2. The number of H-pyrrole nitrogens is 1. The minimum atomic E-state index is -0.177. The number of rotatable bonds is 4. The van der Waals surface area contributed by atoms with E-state index in [4.69, 9.17) is 4.98 Å². The fourth-order valence-corrected chi connectivity index (χ4v) is 5.51. The fourth-order valence-electron chi connectivity index (χ4n) is 3.34. The van der Waals surface area contributed by atoms with Gasteiger partial charge in [0.05, 0.1) is 21.5 Å². The molecule has 6 nitrogen and oxygen atoms in total. The highest BCUT2D eigenvalue weighted by Gasteiger charge is 2.21. The van der Waals surface area contributed by atoms with Gasteiger partial charge in [0.2, 0.25) is 0 Å². The molecule has 0 aliphatic heterocycles. The van der Waals surface area contributed by atoms with E-state index in [-0.39, 0.29) is 22.4 Å². The smallest absolute Gasteiger partial charge is 0.263 e. The van der Waals surface area contributed by atoms with Crippen molar-refractivity contribution in [1.82, 2.24) is 19.5 Å². The van der Waals surface area contributed by atoms with Crippen LogP contribution < -0.4 is 11.1 Å². The summed E-state index contributed by atoms with van der Waals surface area (Å²) in [5.41, 5.74) is 1.49. The van der Waals surface area contributed by atoms with Crippen LogP contribution in [-0.2, 0) is 0 Å². The number of nitrogens with zero attached hydrogens (tertiary/aromatic N) is 3. The number of aromatic amines is 1. The van der Waals surface area contributed by atoms with Gasteiger partial charge in [0.1, 0.15) is 10.7 Å². The first kappa shape index (κ1) is 19.8. The van der Waals surface area contributed by atoms with Gasteiger partial charge in [0.25, 0.3) is 11.1 Å². The highest BCUT2D eigenvalue weighted by molar-refractivity contribution is 7.99. The molecule has 0 fully saturated rings. The molecule has 1 N–H and O–H groups in total. The van der Waals surface area contributed by atoms with Crippen LogP contribution in [0.3, 0.4) is 0 Å². The van der Waals surface area contributed by atoms with Gasteiger partial charge in [-0.15, -0.1) is 11.3 Å². The number of thiophene rings is 1. The van der Waals surface area contributed by atoms with Crippen molar-refractivity contribution in [3.8, 4) is 0 Å². The molecule has 1 unspecified atom stereocenters. The lowest BCUT2D eigenvalue weighted by Gasteiger charge is -2.18. The van der Waals surface area contributed by atoms with Gasteiger partial charge in [-0.2, -0.15) is 0 Å². The largest absolute Gasteiger partial charge is 0.309 e. The number of para-hydroxylation sites is 1. The van der Waals surface area contributed by atoms with E-state index >= 15 is 0 Å². The molecule has 3 heterocycles. The Labute approximate surface area is 176 Å². The summed E-state index contributed by atoms with van der Waals surface area (Å²) in [5.74, 6) is 0.571. The second-order valence-electron chi connectivity index (χ2n) is 7.36. The molecule has 4 rings (SSSR count). The van der Waals surface area contributed by atoms with Crippen LogP contribution in [0.4, 0.5) is 0 Å². The average molecular weight is 427 g/mol. The van der Waals surface area contributed by atoms with E-state index in [1.54, 1.807) is 22.0 Å². The molecule has 0 amide bonds. The minimum Gasteiger partial charge on any atom is -0.309 e. The molecule has 1 aromatic carbocycles. The van der Waals surface area contributed by atoms with Crippen molar-refractivity contribution in [1.29, 1.82) is 0 Å². The van der Waals surface area contributed by atoms with Crippen LogP contribution in [0.15, 0.2) is 39.0 Å². The Balaban J connectivity index is 1.82. The summed E-state index contributed by atoms with van der Waals surface area (Å²) in [7, 11) is 0. The molecule has 150 valence electrons. The number of aryl methyl sites for hydroxylation is 2. The van der Waals surface area contributed by atoms with Gasteiger partial charge in [-0.25, -0.2) is 9.97 Å². The lowest BCUT2D eigenvalue weighted by molar-refractivity contribution is 0.518. The second-order valence-corrected chi connectivity index (χ2v) is 9.87. The van der Waals surface area contributed by atoms with Crippen LogP contribution in [-0.4, -0.2) is 19.5 Å². The van der Waals surface area contributed by atoms with Crippen LogP contribution in [0.1, 0.15) is 48.3 Å². The van der Waals surface area contributed by atoms with E-state index < -0.39 is 0 Å². The van der Waals surface area contributed by atoms with E-state index in [1.807, 2.05) is 52.8 Å². The van der Waals surface area contributed by atoms with Crippen LogP contribution in [0.2, 0.25) is 0 Å². The predicted octanol–water partition coefficient (Wildman–Crippen LogP) is 4.75. The SMILES string of the molecule is Cc1sc2nc(SC(C)c3nc4ccccc4c(=O)[nH]3)n(C(C)C)c(=O)c2c1C. The zero-order chi connectivity index (χ0) is 20.9. The number of aromatic nitrogens is 4. The Bertz CT molecular complexity index is 1350. The maximum Gasteiger partial charge on any atom is 0.263 e. The number of benzene rings is 1. The molecule has 0 aliphatic carbocycles. The van der Waals surface area contributed by atoms with E-state index in [2.05, 4.69) is 9.97 Å². The first-order valence-electron chi connectivity index (χ1n) is 9.45. The zero-order valence-corrected chi connectivity index (χ0v) is 18.6. The molecular weight excluding hydrogens is 404 g/mol. The van der Waals surface area contributed by atoms with E-state index in [0.717, 1.165) is 15.3 Å². The van der Waals surface area contributed by atoms with Gasteiger partial charge in [-0.3, -0.25) is 14.2 Å². The molecule has 0 aliphatic rings. The highest BCUT2D eigenvalue weighted by atomic mass is 32.2. The summed E-state index contributed by atoms with van der Waals surface area (Å²) < 4.78 is 1.74. The van der Waals surface area contributed by atoms with Crippen molar-refractivity contribution in [2.24, 2.45) is 0 Å². The molecule has 1 atom stereocenters. The number of nitrogens with one attached hydrogen (secondary N) is 1. The summed E-state index contributed by atoms with van der Waals surface area (Å²) in [4.78, 5) is 39.8. The van der Waals surface area contributed by atoms with Crippen molar-refractivity contribution in [3.05, 3.63) is 61.2 Å². The first-order chi connectivity index (χ1) is 13.8. The van der Waals surface area contributed by atoms with Crippen LogP contribution >= 0.6 is 23.1 Å². The molecule has 0 spiro atoms. The molecule has 4 aromatic rings. The summed E-state index contributed by atoms with van der Waals surface area (Å²) in [5, 5.41) is 1.73. The normalized spacial score (nSPS) is 12.9. The Morgan fingerprint density at radius 2 is 1.83 bits per heavy atom. The molecule has 3 aromatic heterocycles. The third-order valence-corrected chi connectivity index (χ3v) is 7.19. The lowest BCUT2D eigenvalue weighted by atomic mass is 10.2. The van der Waals surface area contributed by atoms with Gasteiger partial charge in [0.15, 0.2) is 5.16 Å². The molecule has 0 radical (unpaired) electrons. The van der Waals surface area contributed by atoms with E-state index in [1.165, 1.54) is 11.8 Å². The summed E-state index contributed by atoms with van der Waals surface area (Å²) in [6.07, 6.45) is 0. The summed E-state index contributed by atoms with van der Waals surface area (Å²) in [6.45, 7) is 9.91. The molecular formula is C21H22N4O2S2. The van der Waals surface area contributed by atoms with Gasteiger partial charge in [0, 0.05) is 10.9 Å². The number of hydrogen-bond acceptors (Lipinski definition) is 6. The maximum absolute atomic E-state index is 13.2. The summed E-state index contributed by atoms with van der Waals surface area (Å²) >= 11 is 2.98. The zero-order valence-electron chi connectivity index (χ0n) is 16.9. The lowest BCUT2D eigenvalue weighted by Crippen LogP contribution is -2.25. The molecule has 0 saturated heterocycles. The molecule has 0 bridgehead atoms.